The normalized spacial score (nSPS) is 10.5. The molecule has 1 aromatic heterocycles. The molecule has 9 heteroatoms. The van der Waals surface area contributed by atoms with Gasteiger partial charge in [-0.05, 0) is 36.6 Å². The first kappa shape index (κ1) is 22.4. The van der Waals surface area contributed by atoms with Gasteiger partial charge in [0.1, 0.15) is 17.5 Å². The largest absolute Gasteiger partial charge is 0.490 e. The lowest BCUT2D eigenvalue weighted by Gasteiger charge is -2.14. The second kappa shape index (κ2) is 9.75. The SMILES string of the molecule is CCOc1cc(-c2nc(N)nc(N)c2C#N)ccc1OCC(=O)Nc1cccc2ccccc12. The Hall–Kier alpha value is -4.84. The van der Waals surface area contributed by atoms with Crippen LogP contribution in [0.5, 0.6) is 11.5 Å². The summed E-state index contributed by atoms with van der Waals surface area (Å²) in [6.45, 7) is 1.96. The van der Waals surface area contributed by atoms with Crippen LogP contribution in [0.15, 0.2) is 60.7 Å². The summed E-state index contributed by atoms with van der Waals surface area (Å²) in [5.41, 5.74) is 13.2. The summed E-state index contributed by atoms with van der Waals surface area (Å²) in [5.74, 6) is 0.388. The van der Waals surface area contributed by atoms with E-state index in [9.17, 15) is 10.1 Å². The van der Waals surface area contributed by atoms with Crippen molar-refractivity contribution in [1.82, 2.24) is 9.97 Å². The van der Waals surface area contributed by atoms with Gasteiger partial charge in [-0.1, -0.05) is 36.4 Å². The average Bonchev–Trinajstić information content (AvgIpc) is 2.83. The van der Waals surface area contributed by atoms with E-state index in [1.165, 1.54) is 0 Å². The highest BCUT2D eigenvalue weighted by Crippen LogP contribution is 2.34. The van der Waals surface area contributed by atoms with Gasteiger partial charge in [-0.15, -0.1) is 0 Å². The zero-order valence-corrected chi connectivity index (χ0v) is 18.4. The van der Waals surface area contributed by atoms with E-state index in [1.54, 1.807) is 18.2 Å². The Morgan fingerprint density at radius 3 is 2.62 bits per heavy atom. The van der Waals surface area contributed by atoms with E-state index in [2.05, 4.69) is 15.3 Å². The first-order valence-electron chi connectivity index (χ1n) is 10.5. The molecule has 0 bridgehead atoms. The van der Waals surface area contributed by atoms with Crippen molar-refractivity contribution in [2.45, 2.75) is 6.92 Å². The number of benzene rings is 3. The smallest absolute Gasteiger partial charge is 0.262 e. The van der Waals surface area contributed by atoms with Crippen molar-refractivity contribution in [2.24, 2.45) is 0 Å². The molecule has 4 aromatic rings. The molecular weight excluding hydrogens is 432 g/mol. The highest BCUT2D eigenvalue weighted by atomic mass is 16.5. The van der Waals surface area contributed by atoms with Crippen molar-refractivity contribution in [2.75, 3.05) is 30.0 Å². The Kier molecular flexibility index (Phi) is 6.41. The Morgan fingerprint density at radius 1 is 1.03 bits per heavy atom. The molecule has 3 aromatic carbocycles. The Labute approximate surface area is 196 Å². The fourth-order valence-electron chi connectivity index (χ4n) is 3.52. The number of hydrogen-bond acceptors (Lipinski definition) is 8. The standard InChI is InChI=1S/C25H22N6O3/c1-2-33-21-12-16(23-18(13-26)24(27)31-25(28)30-23)10-11-20(21)34-14-22(32)29-19-9-5-7-15-6-3-4-8-17(15)19/h3-12H,2,14H2,1H3,(H,29,32)(H4,27,28,30,31). The molecule has 5 N–H and O–H groups in total. The van der Waals surface area contributed by atoms with Gasteiger partial charge in [0.25, 0.3) is 5.91 Å². The molecule has 0 saturated heterocycles. The third-order valence-electron chi connectivity index (χ3n) is 5.01. The van der Waals surface area contributed by atoms with E-state index in [-0.39, 0.29) is 35.5 Å². The first-order chi connectivity index (χ1) is 16.5. The number of amides is 1. The van der Waals surface area contributed by atoms with Crippen molar-refractivity contribution < 1.29 is 14.3 Å². The topological polar surface area (TPSA) is 149 Å². The van der Waals surface area contributed by atoms with E-state index >= 15 is 0 Å². The minimum atomic E-state index is -0.314. The number of carbonyl (C=O) groups is 1. The number of nitrogens with one attached hydrogen (secondary N) is 1. The van der Waals surface area contributed by atoms with Crippen LogP contribution in [0.1, 0.15) is 12.5 Å². The average molecular weight is 454 g/mol. The molecule has 4 rings (SSSR count). The van der Waals surface area contributed by atoms with Crippen LogP contribution in [-0.2, 0) is 4.79 Å². The van der Waals surface area contributed by atoms with Gasteiger partial charge in [0.05, 0.1) is 12.3 Å². The molecule has 1 amide bonds. The van der Waals surface area contributed by atoms with Gasteiger partial charge in [-0.3, -0.25) is 4.79 Å². The third-order valence-corrected chi connectivity index (χ3v) is 5.01. The summed E-state index contributed by atoms with van der Waals surface area (Å²) in [6, 6.07) is 20.5. The monoisotopic (exact) mass is 454 g/mol. The van der Waals surface area contributed by atoms with Crippen molar-refractivity contribution in [3.63, 3.8) is 0 Å². The van der Waals surface area contributed by atoms with Gasteiger partial charge in [-0.25, -0.2) is 4.98 Å². The van der Waals surface area contributed by atoms with Crippen LogP contribution in [0.4, 0.5) is 17.5 Å². The zero-order chi connectivity index (χ0) is 24.1. The van der Waals surface area contributed by atoms with Crippen molar-refractivity contribution in [3.05, 3.63) is 66.2 Å². The van der Waals surface area contributed by atoms with Gasteiger partial charge in [0.2, 0.25) is 5.95 Å². The van der Waals surface area contributed by atoms with Crippen LogP contribution in [-0.4, -0.2) is 29.1 Å². The second-order valence-corrected chi connectivity index (χ2v) is 7.26. The van der Waals surface area contributed by atoms with Crippen LogP contribution in [0.25, 0.3) is 22.0 Å². The Morgan fingerprint density at radius 2 is 1.82 bits per heavy atom. The third kappa shape index (κ3) is 4.66. The zero-order valence-electron chi connectivity index (χ0n) is 18.4. The predicted octanol–water partition coefficient (Wildman–Crippen LogP) is 3.75. The molecule has 0 aliphatic carbocycles. The van der Waals surface area contributed by atoms with Crippen LogP contribution in [0, 0.1) is 11.3 Å². The molecule has 0 spiro atoms. The Bertz CT molecular complexity index is 1410. The highest BCUT2D eigenvalue weighted by Gasteiger charge is 2.16. The van der Waals surface area contributed by atoms with Gasteiger partial charge >= 0.3 is 0 Å². The molecule has 0 fully saturated rings. The first-order valence-corrected chi connectivity index (χ1v) is 10.5. The van der Waals surface area contributed by atoms with Crippen molar-refractivity contribution in [3.8, 4) is 28.8 Å². The number of anilines is 3. The van der Waals surface area contributed by atoms with Gasteiger partial charge in [0.15, 0.2) is 18.1 Å². The molecular formula is C25H22N6O3. The summed E-state index contributed by atoms with van der Waals surface area (Å²) in [5, 5.41) is 14.3. The minimum Gasteiger partial charge on any atom is -0.490 e. The molecule has 0 aliphatic rings. The Balaban J connectivity index is 1.55. The lowest BCUT2D eigenvalue weighted by Crippen LogP contribution is -2.20. The molecule has 1 heterocycles. The number of hydrogen-bond donors (Lipinski definition) is 3. The number of nitrogens with zero attached hydrogens (tertiary/aromatic N) is 3. The minimum absolute atomic E-state index is 0.00612. The lowest BCUT2D eigenvalue weighted by atomic mass is 10.1. The van der Waals surface area contributed by atoms with E-state index < -0.39 is 0 Å². The number of nitrogens with two attached hydrogens (primary N) is 2. The number of carbonyl (C=O) groups excluding carboxylic acids is 1. The molecule has 9 nitrogen and oxygen atoms in total. The second-order valence-electron chi connectivity index (χ2n) is 7.26. The number of aromatic nitrogens is 2. The van der Waals surface area contributed by atoms with Crippen LogP contribution >= 0.6 is 0 Å². The summed E-state index contributed by atoms with van der Waals surface area (Å²) in [4.78, 5) is 20.6. The van der Waals surface area contributed by atoms with Crippen LogP contribution in [0.2, 0.25) is 0 Å². The molecule has 0 radical (unpaired) electrons. The van der Waals surface area contributed by atoms with Crippen molar-refractivity contribution >= 4 is 34.1 Å². The van der Waals surface area contributed by atoms with Gasteiger partial charge in [-0.2, -0.15) is 10.2 Å². The fourth-order valence-corrected chi connectivity index (χ4v) is 3.52. The van der Waals surface area contributed by atoms with E-state index in [0.717, 1.165) is 10.8 Å². The summed E-state index contributed by atoms with van der Waals surface area (Å²) in [7, 11) is 0. The fraction of sp³-hybridized carbons (Fsp3) is 0.120. The maximum atomic E-state index is 12.6. The predicted molar refractivity (Wildman–Crippen MR) is 130 cm³/mol. The summed E-state index contributed by atoms with van der Waals surface area (Å²) in [6.07, 6.45) is 0. The van der Waals surface area contributed by atoms with E-state index in [1.807, 2.05) is 55.5 Å². The van der Waals surface area contributed by atoms with Crippen molar-refractivity contribution in [1.29, 1.82) is 5.26 Å². The number of nitriles is 1. The maximum absolute atomic E-state index is 12.6. The quantitative estimate of drug-likeness (QED) is 0.382. The molecule has 0 aliphatic heterocycles. The summed E-state index contributed by atoms with van der Waals surface area (Å²) < 4.78 is 11.4. The van der Waals surface area contributed by atoms with E-state index in [0.29, 0.717) is 29.4 Å². The maximum Gasteiger partial charge on any atom is 0.262 e. The summed E-state index contributed by atoms with van der Waals surface area (Å²) >= 11 is 0. The van der Waals surface area contributed by atoms with Crippen LogP contribution < -0.4 is 26.3 Å². The van der Waals surface area contributed by atoms with E-state index in [4.69, 9.17) is 20.9 Å². The number of fused-ring (bicyclic) bond motifs is 1. The number of nitrogen functional groups attached to an aromatic ring is 2. The van der Waals surface area contributed by atoms with Gasteiger partial charge < -0.3 is 26.3 Å². The number of ether oxygens (including phenoxy) is 2. The molecule has 0 unspecified atom stereocenters. The van der Waals surface area contributed by atoms with Gasteiger partial charge in [0, 0.05) is 16.6 Å². The lowest BCUT2D eigenvalue weighted by molar-refractivity contribution is -0.118. The molecule has 0 saturated carbocycles. The molecule has 0 atom stereocenters. The highest BCUT2D eigenvalue weighted by molar-refractivity contribution is 6.02. The molecule has 170 valence electrons. The van der Waals surface area contributed by atoms with Crippen LogP contribution in [0.3, 0.4) is 0 Å². The molecule has 34 heavy (non-hydrogen) atoms. The number of rotatable bonds is 7.